The van der Waals surface area contributed by atoms with E-state index in [-0.39, 0.29) is 19.3 Å². The van der Waals surface area contributed by atoms with E-state index in [4.69, 9.17) is 16.3 Å². The largest absolute Gasteiger partial charge is 0.387 e. The second-order valence-electron chi connectivity index (χ2n) is 8.90. The van der Waals surface area contributed by atoms with Crippen LogP contribution in [0.15, 0.2) is 11.4 Å². The van der Waals surface area contributed by atoms with Crippen LogP contribution in [0.4, 0.5) is 5.69 Å². The van der Waals surface area contributed by atoms with Gasteiger partial charge in [0.25, 0.3) is 0 Å². The molecule has 2 aromatic heterocycles. The second kappa shape index (κ2) is 8.76. The summed E-state index contributed by atoms with van der Waals surface area (Å²) in [5.74, 6) is -1.14. The molecular formula is C22H31N7O3. The lowest BCUT2D eigenvalue weighted by Gasteiger charge is -2.26. The van der Waals surface area contributed by atoms with Crippen molar-refractivity contribution in [2.24, 2.45) is 16.6 Å². The Hall–Kier alpha value is -3.17. The van der Waals surface area contributed by atoms with Gasteiger partial charge in [0.05, 0.1) is 35.3 Å². The first-order valence-electron chi connectivity index (χ1n) is 11.3. The summed E-state index contributed by atoms with van der Waals surface area (Å²) in [6.45, 7) is 4.72. The highest BCUT2D eigenvalue weighted by Gasteiger charge is 2.43. The SMILES string of the molecule is CCn1nc(C)c2c(NC3CCCCC3)c(C3=NOC(CC(N)=O)(CC(N)=O)C3)cnc21. The second-order valence-corrected chi connectivity index (χ2v) is 8.90. The Morgan fingerprint density at radius 1 is 1.22 bits per heavy atom. The van der Waals surface area contributed by atoms with Crippen LogP contribution in [0.25, 0.3) is 11.0 Å². The summed E-state index contributed by atoms with van der Waals surface area (Å²) in [5, 5.41) is 13.6. The molecule has 10 heteroatoms. The van der Waals surface area contributed by atoms with Gasteiger partial charge in [0.15, 0.2) is 11.2 Å². The minimum Gasteiger partial charge on any atom is -0.387 e. The molecule has 32 heavy (non-hydrogen) atoms. The first kappa shape index (κ1) is 22.0. The fraction of sp³-hybridized carbons (Fsp3) is 0.591. The fourth-order valence-electron chi connectivity index (χ4n) is 4.91. The number of pyridine rings is 1. The third-order valence-electron chi connectivity index (χ3n) is 6.33. The molecule has 1 saturated carbocycles. The molecule has 3 heterocycles. The Labute approximate surface area is 186 Å². The number of oxime groups is 1. The zero-order valence-electron chi connectivity index (χ0n) is 18.7. The van der Waals surface area contributed by atoms with Crippen molar-refractivity contribution in [2.45, 2.75) is 83.4 Å². The lowest BCUT2D eigenvalue weighted by atomic mass is 9.87. The molecule has 0 saturated heterocycles. The highest BCUT2D eigenvalue weighted by Crippen LogP contribution is 2.38. The van der Waals surface area contributed by atoms with Gasteiger partial charge >= 0.3 is 0 Å². The van der Waals surface area contributed by atoms with Gasteiger partial charge in [-0.05, 0) is 26.7 Å². The third kappa shape index (κ3) is 4.26. The molecule has 2 aliphatic rings. The summed E-state index contributed by atoms with van der Waals surface area (Å²) >= 11 is 0. The number of nitrogens with one attached hydrogen (secondary N) is 1. The molecule has 0 bridgehead atoms. The van der Waals surface area contributed by atoms with Gasteiger partial charge in [0.1, 0.15) is 0 Å². The van der Waals surface area contributed by atoms with E-state index in [1.54, 1.807) is 6.20 Å². The molecule has 2 amide bonds. The Morgan fingerprint density at radius 3 is 2.53 bits per heavy atom. The molecule has 0 unspecified atom stereocenters. The minimum absolute atomic E-state index is 0.142. The highest BCUT2D eigenvalue weighted by molar-refractivity contribution is 6.11. The average molecular weight is 442 g/mol. The maximum atomic E-state index is 11.7. The van der Waals surface area contributed by atoms with Gasteiger partial charge in [0, 0.05) is 30.8 Å². The van der Waals surface area contributed by atoms with Crippen molar-refractivity contribution in [3.63, 3.8) is 0 Å². The molecule has 0 atom stereocenters. The molecule has 10 nitrogen and oxygen atoms in total. The van der Waals surface area contributed by atoms with Crippen LogP contribution in [-0.2, 0) is 21.0 Å². The standard InChI is InChI=1S/C22H31N7O3/c1-3-29-21-19(13(2)27-29)20(26-14-7-5-4-6-8-14)15(12-25-21)16-9-22(32-28-16,10-17(23)30)11-18(24)31/h12,14H,3-11H2,1-2H3,(H2,23,30)(H2,24,31)(H,25,26). The molecular weight excluding hydrogens is 410 g/mol. The van der Waals surface area contributed by atoms with E-state index in [0.717, 1.165) is 40.8 Å². The number of aromatic nitrogens is 3. The van der Waals surface area contributed by atoms with E-state index in [1.165, 1.54) is 19.3 Å². The number of hydrogen-bond acceptors (Lipinski definition) is 7. The number of carbonyl (C=O) groups is 2. The number of fused-ring (bicyclic) bond motifs is 1. The van der Waals surface area contributed by atoms with Crippen molar-refractivity contribution >= 4 is 34.2 Å². The number of rotatable bonds is 8. The number of hydrogen-bond donors (Lipinski definition) is 3. The molecule has 2 aromatic rings. The van der Waals surface area contributed by atoms with E-state index >= 15 is 0 Å². The van der Waals surface area contributed by atoms with Crippen molar-refractivity contribution in [2.75, 3.05) is 5.32 Å². The number of nitrogens with zero attached hydrogens (tertiary/aromatic N) is 4. The van der Waals surface area contributed by atoms with Crippen LogP contribution < -0.4 is 16.8 Å². The lowest BCUT2D eigenvalue weighted by molar-refractivity contribution is -0.131. The first-order valence-corrected chi connectivity index (χ1v) is 11.3. The number of nitrogens with two attached hydrogens (primary N) is 2. The summed E-state index contributed by atoms with van der Waals surface area (Å²) < 4.78 is 1.89. The van der Waals surface area contributed by atoms with Gasteiger partial charge < -0.3 is 21.6 Å². The minimum atomic E-state index is -1.16. The van der Waals surface area contributed by atoms with Gasteiger partial charge in [-0.25, -0.2) is 9.67 Å². The van der Waals surface area contributed by atoms with E-state index in [0.29, 0.717) is 18.3 Å². The summed E-state index contributed by atoms with van der Waals surface area (Å²) in [6, 6.07) is 0.349. The van der Waals surface area contributed by atoms with Crippen LogP contribution in [0.3, 0.4) is 0 Å². The van der Waals surface area contributed by atoms with Gasteiger partial charge in [-0.1, -0.05) is 24.4 Å². The Balaban J connectivity index is 1.76. The van der Waals surface area contributed by atoms with Gasteiger partial charge in [-0.15, -0.1) is 0 Å². The number of aryl methyl sites for hydroxylation is 2. The Morgan fingerprint density at radius 2 is 1.91 bits per heavy atom. The zero-order chi connectivity index (χ0) is 22.9. The summed E-state index contributed by atoms with van der Waals surface area (Å²) in [5.41, 5.74) is 13.7. The molecule has 1 fully saturated rings. The Kier molecular flexibility index (Phi) is 6.03. The van der Waals surface area contributed by atoms with Crippen molar-refractivity contribution in [1.29, 1.82) is 0 Å². The van der Waals surface area contributed by atoms with Crippen LogP contribution >= 0.6 is 0 Å². The van der Waals surface area contributed by atoms with Gasteiger partial charge in [-0.3, -0.25) is 9.59 Å². The van der Waals surface area contributed by atoms with E-state index in [9.17, 15) is 9.59 Å². The molecule has 1 aliphatic heterocycles. The topological polar surface area (TPSA) is 151 Å². The zero-order valence-corrected chi connectivity index (χ0v) is 18.7. The fourth-order valence-corrected chi connectivity index (χ4v) is 4.91. The summed E-state index contributed by atoms with van der Waals surface area (Å²) in [7, 11) is 0. The van der Waals surface area contributed by atoms with E-state index in [1.807, 2.05) is 18.5 Å². The third-order valence-corrected chi connectivity index (χ3v) is 6.33. The first-order chi connectivity index (χ1) is 15.3. The highest BCUT2D eigenvalue weighted by atomic mass is 16.7. The van der Waals surface area contributed by atoms with Crippen molar-refractivity contribution in [1.82, 2.24) is 14.8 Å². The monoisotopic (exact) mass is 441 g/mol. The normalized spacial score (nSPS) is 18.4. The van der Waals surface area contributed by atoms with E-state index < -0.39 is 17.4 Å². The van der Waals surface area contributed by atoms with Crippen molar-refractivity contribution in [3.8, 4) is 0 Å². The summed E-state index contributed by atoms with van der Waals surface area (Å²) in [4.78, 5) is 33.7. The van der Waals surface area contributed by atoms with Gasteiger partial charge in [-0.2, -0.15) is 5.10 Å². The van der Waals surface area contributed by atoms with Crippen LogP contribution in [0.5, 0.6) is 0 Å². The number of amides is 2. The van der Waals surface area contributed by atoms with Gasteiger partial charge in [0.2, 0.25) is 11.8 Å². The molecule has 0 radical (unpaired) electrons. The smallest absolute Gasteiger partial charge is 0.221 e. The molecule has 1 aliphatic carbocycles. The molecule has 0 spiro atoms. The predicted octanol–water partition coefficient (Wildman–Crippen LogP) is 2.12. The number of anilines is 1. The summed E-state index contributed by atoms with van der Waals surface area (Å²) in [6.07, 6.45) is 7.57. The molecule has 4 rings (SSSR count). The molecule has 172 valence electrons. The van der Waals surface area contributed by atoms with Crippen LogP contribution in [0, 0.1) is 6.92 Å². The van der Waals surface area contributed by atoms with Crippen LogP contribution in [0.2, 0.25) is 0 Å². The average Bonchev–Trinajstić information content (AvgIpc) is 3.29. The van der Waals surface area contributed by atoms with Crippen molar-refractivity contribution < 1.29 is 14.4 Å². The van der Waals surface area contributed by atoms with Crippen LogP contribution in [-0.4, -0.2) is 43.9 Å². The Bertz CT molecular complexity index is 1050. The maximum Gasteiger partial charge on any atom is 0.221 e. The maximum absolute atomic E-state index is 11.7. The molecule has 0 aromatic carbocycles. The van der Waals surface area contributed by atoms with Crippen molar-refractivity contribution in [3.05, 3.63) is 17.5 Å². The van der Waals surface area contributed by atoms with Crippen LogP contribution in [0.1, 0.15) is 69.5 Å². The lowest BCUT2D eigenvalue weighted by Crippen LogP contribution is -2.39. The van der Waals surface area contributed by atoms with E-state index in [2.05, 4.69) is 20.6 Å². The number of primary amides is 2. The molecule has 5 N–H and O–H groups in total. The predicted molar refractivity (Wildman–Crippen MR) is 121 cm³/mol. The quantitative estimate of drug-likeness (QED) is 0.571. The number of carbonyl (C=O) groups excluding carboxylic acids is 2.